The highest BCUT2D eigenvalue weighted by Crippen LogP contribution is 2.37. The average molecular weight is 384 g/mol. The fraction of sp³-hybridized carbons (Fsp3) is 0.286. The van der Waals surface area contributed by atoms with Crippen LogP contribution in [0, 0.1) is 5.82 Å². The number of rotatable bonds is 6. The third-order valence-corrected chi connectivity index (χ3v) is 4.32. The van der Waals surface area contributed by atoms with Crippen LogP contribution in [-0.2, 0) is 14.3 Å². The summed E-state index contributed by atoms with van der Waals surface area (Å²) in [6.45, 7) is 3.19. The van der Waals surface area contributed by atoms with E-state index in [4.69, 9.17) is 9.47 Å². The first-order valence-corrected chi connectivity index (χ1v) is 9.00. The van der Waals surface area contributed by atoms with E-state index in [9.17, 15) is 14.0 Å². The van der Waals surface area contributed by atoms with Crippen LogP contribution in [0.4, 0.5) is 4.39 Å². The molecule has 1 atom stereocenters. The standard InChI is InChI=1S/C21H21FN2O4/c1-3-27-21(26)13-28-20-10-5-4-9-17(20)19-12-18(23-24(19)14(2)25)15-7-6-8-16(22)11-15/h4-11,19H,3,12-13H2,1-2H3/t19-/m0/s1. The lowest BCUT2D eigenvalue weighted by molar-refractivity contribution is -0.145. The van der Waals surface area contributed by atoms with Crippen molar-refractivity contribution in [2.45, 2.75) is 26.3 Å². The highest BCUT2D eigenvalue weighted by molar-refractivity contribution is 6.03. The molecule has 2 aromatic rings. The largest absolute Gasteiger partial charge is 0.482 e. The number of hydrazone groups is 1. The molecule has 2 aromatic carbocycles. The van der Waals surface area contributed by atoms with E-state index in [2.05, 4.69) is 5.10 Å². The van der Waals surface area contributed by atoms with Crippen LogP contribution in [0.15, 0.2) is 53.6 Å². The Labute approximate surface area is 162 Å². The smallest absolute Gasteiger partial charge is 0.344 e. The molecule has 1 aliphatic heterocycles. The summed E-state index contributed by atoms with van der Waals surface area (Å²) in [6.07, 6.45) is 0.406. The maximum absolute atomic E-state index is 13.6. The fourth-order valence-corrected chi connectivity index (χ4v) is 3.11. The van der Waals surface area contributed by atoms with Crippen LogP contribution < -0.4 is 4.74 Å². The Morgan fingerprint density at radius 1 is 1.21 bits per heavy atom. The van der Waals surface area contributed by atoms with E-state index in [0.29, 0.717) is 23.4 Å². The van der Waals surface area contributed by atoms with E-state index in [0.717, 1.165) is 5.56 Å². The molecule has 3 rings (SSSR count). The minimum Gasteiger partial charge on any atom is -0.482 e. The molecular weight excluding hydrogens is 363 g/mol. The van der Waals surface area contributed by atoms with Crippen LogP contribution in [0.2, 0.25) is 0 Å². The predicted molar refractivity (Wildman–Crippen MR) is 101 cm³/mol. The molecule has 1 heterocycles. The van der Waals surface area contributed by atoms with Gasteiger partial charge in [0, 0.05) is 24.5 Å². The van der Waals surface area contributed by atoms with E-state index < -0.39 is 12.0 Å². The normalized spacial score (nSPS) is 15.9. The Kier molecular flexibility index (Phi) is 6.03. The van der Waals surface area contributed by atoms with Crippen molar-refractivity contribution in [1.29, 1.82) is 0 Å². The van der Waals surface area contributed by atoms with Crippen LogP contribution in [0.25, 0.3) is 0 Å². The maximum atomic E-state index is 13.6. The molecule has 0 N–H and O–H groups in total. The van der Waals surface area contributed by atoms with Crippen molar-refractivity contribution < 1.29 is 23.5 Å². The lowest BCUT2D eigenvalue weighted by Gasteiger charge is -2.22. The zero-order valence-corrected chi connectivity index (χ0v) is 15.7. The number of carbonyl (C=O) groups excluding carboxylic acids is 2. The molecule has 1 amide bonds. The lowest BCUT2D eigenvalue weighted by atomic mass is 9.97. The van der Waals surface area contributed by atoms with Crippen molar-refractivity contribution in [3.8, 4) is 5.75 Å². The summed E-state index contributed by atoms with van der Waals surface area (Å²) in [4.78, 5) is 23.8. The van der Waals surface area contributed by atoms with Crippen LogP contribution in [0.3, 0.4) is 0 Å². The number of hydrogen-bond donors (Lipinski definition) is 0. The predicted octanol–water partition coefficient (Wildman–Crippen LogP) is 3.47. The van der Waals surface area contributed by atoms with Crippen LogP contribution in [-0.4, -0.2) is 35.8 Å². The minimum absolute atomic E-state index is 0.227. The second-order valence-electron chi connectivity index (χ2n) is 6.27. The van der Waals surface area contributed by atoms with Gasteiger partial charge in [-0.15, -0.1) is 0 Å². The third kappa shape index (κ3) is 4.36. The topological polar surface area (TPSA) is 68.2 Å². The van der Waals surface area contributed by atoms with Crippen LogP contribution >= 0.6 is 0 Å². The summed E-state index contributed by atoms with van der Waals surface area (Å²) in [5, 5.41) is 5.78. The lowest BCUT2D eigenvalue weighted by Crippen LogP contribution is -2.25. The molecule has 0 saturated heterocycles. The molecule has 0 aromatic heterocycles. The van der Waals surface area contributed by atoms with Crippen molar-refractivity contribution in [2.75, 3.05) is 13.2 Å². The Hall–Kier alpha value is -3.22. The molecule has 7 heteroatoms. The quantitative estimate of drug-likeness (QED) is 0.716. The molecule has 6 nitrogen and oxygen atoms in total. The zero-order chi connectivity index (χ0) is 20.1. The second kappa shape index (κ2) is 8.65. The summed E-state index contributed by atoms with van der Waals surface area (Å²) in [5.41, 5.74) is 1.95. The van der Waals surface area contributed by atoms with Gasteiger partial charge in [0.1, 0.15) is 11.6 Å². The number of ether oxygens (including phenoxy) is 2. The molecule has 0 saturated carbocycles. The first kappa shape index (κ1) is 19.5. The van der Waals surface area contributed by atoms with Gasteiger partial charge >= 0.3 is 5.97 Å². The van der Waals surface area contributed by atoms with Crippen molar-refractivity contribution in [2.24, 2.45) is 5.10 Å². The van der Waals surface area contributed by atoms with E-state index >= 15 is 0 Å². The molecule has 0 aliphatic carbocycles. The van der Waals surface area contributed by atoms with Crippen molar-refractivity contribution in [3.05, 3.63) is 65.5 Å². The first-order chi connectivity index (χ1) is 13.5. The number of hydrogen-bond acceptors (Lipinski definition) is 5. The Morgan fingerprint density at radius 2 is 2.00 bits per heavy atom. The SMILES string of the molecule is CCOC(=O)COc1ccccc1[C@@H]1CC(c2cccc(F)c2)=NN1C(C)=O. The number of carbonyl (C=O) groups is 2. The molecule has 0 bridgehead atoms. The summed E-state index contributed by atoms with van der Waals surface area (Å²) >= 11 is 0. The van der Waals surface area contributed by atoms with Crippen molar-refractivity contribution in [1.82, 2.24) is 5.01 Å². The van der Waals surface area contributed by atoms with Crippen molar-refractivity contribution >= 4 is 17.6 Å². The number of halogens is 1. The molecule has 0 radical (unpaired) electrons. The van der Waals surface area contributed by atoms with E-state index in [1.807, 2.05) is 12.1 Å². The van der Waals surface area contributed by atoms with Crippen LogP contribution in [0.5, 0.6) is 5.75 Å². The number of nitrogens with zero attached hydrogens (tertiary/aromatic N) is 2. The summed E-state index contributed by atoms with van der Waals surface area (Å²) in [7, 11) is 0. The molecular formula is C21H21FN2O4. The van der Waals surface area contributed by atoms with Crippen molar-refractivity contribution in [3.63, 3.8) is 0 Å². The molecule has 0 spiro atoms. The highest BCUT2D eigenvalue weighted by atomic mass is 19.1. The van der Waals surface area contributed by atoms with Gasteiger partial charge in [-0.3, -0.25) is 4.79 Å². The van der Waals surface area contributed by atoms with Gasteiger partial charge in [0.25, 0.3) is 0 Å². The van der Waals surface area contributed by atoms with Gasteiger partial charge in [0.2, 0.25) is 5.91 Å². The van der Waals surface area contributed by atoms with Gasteiger partial charge in [-0.1, -0.05) is 30.3 Å². The van der Waals surface area contributed by atoms with Crippen LogP contribution in [0.1, 0.15) is 37.4 Å². The number of benzene rings is 2. The van der Waals surface area contributed by atoms with Gasteiger partial charge in [-0.25, -0.2) is 14.2 Å². The van der Waals surface area contributed by atoms with E-state index in [1.165, 1.54) is 24.1 Å². The summed E-state index contributed by atoms with van der Waals surface area (Å²) < 4.78 is 24.1. The Morgan fingerprint density at radius 3 is 2.71 bits per heavy atom. The Balaban J connectivity index is 1.87. The first-order valence-electron chi connectivity index (χ1n) is 9.00. The second-order valence-corrected chi connectivity index (χ2v) is 6.27. The van der Waals surface area contributed by atoms with Gasteiger partial charge in [-0.2, -0.15) is 5.10 Å². The maximum Gasteiger partial charge on any atom is 0.344 e. The van der Waals surface area contributed by atoms with E-state index in [1.54, 1.807) is 31.2 Å². The fourth-order valence-electron chi connectivity index (χ4n) is 3.11. The number of amides is 1. The Bertz CT molecular complexity index is 913. The van der Waals surface area contributed by atoms with Gasteiger partial charge < -0.3 is 9.47 Å². The van der Waals surface area contributed by atoms with Gasteiger partial charge in [-0.05, 0) is 25.1 Å². The molecule has 28 heavy (non-hydrogen) atoms. The number of para-hydroxylation sites is 1. The monoisotopic (exact) mass is 384 g/mol. The number of esters is 1. The zero-order valence-electron chi connectivity index (χ0n) is 15.7. The van der Waals surface area contributed by atoms with Gasteiger partial charge in [0.05, 0.1) is 18.4 Å². The molecule has 0 fully saturated rings. The minimum atomic E-state index is -0.469. The average Bonchev–Trinajstić information content (AvgIpc) is 3.12. The van der Waals surface area contributed by atoms with Gasteiger partial charge in [0.15, 0.2) is 6.61 Å². The van der Waals surface area contributed by atoms with E-state index in [-0.39, 0.29) is 24.9 Å². The third-order valence-electron chi connectivity index (χ3n) is 4.32. The highest BCUT2D eigenvalue weighted by Gasteiger charge is 2.33. The molecule has 1 aliphatic rings. The summed E-state index contributed by atoms with van der Waals surface area (Å²) in [5.74, 6) is -0.598. The molecule has 0 unspecified atom stereocenters. The molecule has 146 valence electrons. The summed E-state index contributed by atoms with van der Waals surface area (Å²) in [6, 6.07) is 12.9.